The molecule has 0 saturated heterocycles. The van der Waals surface area contributed by atoms with Crippen LogP contribution in [0.1, 0.15) is 93.9 Å². The molecule has 16 nitrogen and oxygen atoms in total. The molecule has 0 aliphatic heterocycles. The van der Waals surface area contributed by atoms with Gasteiger partial charge in [0.25, 0.3) is 0 Å². The maximum Gasteiger partial charge on any atom is 0.333 e. The molecule has 308 valence electrons. The maximum atomic E-state index is 13.0. The summed E-state index contributed by atoms with van der Waals surface area (Å²) >= 11 is 0. The van der Waals surface area contributed by atoms with Gasteiger partial charge < -0.3 is 37.9 Å². The van der Waals surface area contributed by atoms with E-state index in [9.17, 15) is 38.4 Å². The van der Waals surface area contributed by atoms with E-state index in [1.807, 2.05) is 0 Å². The first-order valence-corrected chi connectivity index (χ1v) is 17.4. The van der Waals surface area contributed by atoms with Crippen LogP contribution in [0, 0.1) is 0 Å². The van der Waals surface area contributed by atoms with Crippen LogP contribution in [0.4, 0.5) is 0 Å². The van der Waals surface area contributed by atoms with E-state index in [2.05, 4.69) is 26.3 Å². The fourth-order valence-corrected chi connectivity index (χ4v) is 3.78. The summed E-state index contributed by atoms with van der Waals surface area (Å²) in [5.74, 6) is -5.32. The summed E-state index contributed by atoms with van der Waals surface area (Å²) in [7, 11) is 0. The minimum Gasteiger partial charge on any atom is -0.458 e. The summed E-state index contributed by atoms with van der Waals surface area (Å²) in [6.07, 6.45) is -2.67. The van der Waals surface area contributed by atoms with Crippen molar-refractivity contribution in [2.75, 3.05) is 33.0 Å². The minimum absolute atomic E-state index is 0.0465. The summed E-state index contributed by atoms with van der Waals surface area (Å²) in [6.45, 7) is 24.1. The normalized spacial score (nSPS) is 11.2. The molecule has 0 atom stereocenters. The van der Waals surface area contributed by atoms with Crippen LogP contribution in [0.15, 0.2) is 48.6 Å². The Kier molecular flexibility index (Phi) is 22.1. The van der Waals surface area contributed by atoms with E-state index in [1.54, 1.807) is 13.8 Å². The zero-order valence-electron chi connectivity index (χ0n) is 33.3. The molecule has 55 heavy (non-hydrogen) atoms. The van der Waals surface area contributed by atoms with Gasteiger partial charge in [-0.15, -0.1) is 0 Å². The third-order valence-corrected chi connectivity index (χ3v) is 6.98. The number of ketones is 1. The molecule has 0 aromatic carbocycles. The fraction of sp³-hybridized carbons (Fsp3) is 0.590. The van der Waals surface area contributed by atoms with Gasteiger partial charge in [-0.3, -0.25) is 19.2 Å². The van der Waals surface area contributed by atoms with Gasteiger partial charge in [0.2, 0.25) is 0 Å². The molecule has 0 rings (SSSR count). The average molecular weight is 781 g/mol. The van der Waals surface area contributed by atoms with Gasteiger partial charge in [-0.2, -0.15) is 0 Å². The molecule has 0 amide bonds. The number of ether oxygens (including phenoxy) is 8. The van der Waals surface area contributed by atoms with Gasteiger partial charge >= 0.3 is 41.8 Å². The van der Waals surface area contributed by atoms with Crippen LogP contribution in [-0.2, 0) is 76.3 Å². The topological polar surface area (TPSA) is 210 Å². The molecule has 0 radical (unpaired) electrons. The lowest BCUT2D eigenvalue weighted by Crippen LogP contribution is -2.42. The largest absolute Gasteiger partial charge is 0.458 e. The summed E-state index contributed by atoms with van der Waals surface area (Å²) in [5.41, 5.74) is -1.99. The van der Waals surface area contributed by atoms with E-state index >= 15 is 0 Å². The van der Waals surface area contributed by atoms with Gasteiger partial charge in [0, 0.05) is 48.0 Å². The number of carbonyl (C=O) groups is 8. The highest BCUT2D eigenvalue weighted by Crippen LogP contribution is 2.21. The molecule has 0 unspecified atom stereocenters. The van der Waals surface area contributed by atoms with Crippen molar-refractivity contribution in [2.45, 2.75) is 117 Å². The standard InChI is InChI=1S/C39H56O16/c1-24(2)34(44)48-19-28(20-49-35(45)25(3)4)53-31(41)16-13-15-30(40)39(11,12)52-23-38(9,10)55-33(43)18-14-17-32(42)54-29(21-50-36(46)26(5)6)22-51-37(47)27(7)8/h28-29H,1,3,5,7,13-23H2,2,4,6,8-12H3. The van der Waals surface area contributed by atoms with E-state index in [-0.39, 0.29) is 86.4 Å². The first-order valence-electron chi connectivity index (χ1n) is 17.4. The van der Waals surface area contributed by atoms with Crippen molar-refractivity contribution in [2.24, 2.45) is 0 Å². The van der Waals surface area contributed by atoms with Crippen molar-refractivity contribution < 1.29 is 76.3 Å². The van der Waals surface area contributed by atoms with E-state index in [0.717, 1.165) is 0 Å². The van der Waals surface area contributed by atoms with Crippen LogP contribution in [0.3, 0.4) is 0 Å². The van der Waals surface area contributed by atoms with E-state index < -0.39 is 78.4 Å². The predicted molar refractivity (Wildman–Crippen MR) is 196 cm³/mol. The Morgan fingerprint density at radius 3 is 1.13 bits per heavy atom. The van der Waals surface area contributed by atoms with Crippen molar-refractivity contribution in [3.63, 3.8) is 0 Å². The van der Waals surface area contributed by atoms with Crippen LogP contribution < -0.4 is 0 Å². The molecule has 0 spiro atoms. The minimum atomic E-state index is -1.32. The predicted octanol–water partition coefficient (Wildman–Crippen LogP) is 4.31. The first kappa shape index (κ1) is 49.9. The molecule has 0 bridgehead atoms. The molecule has 0 aliphatic carbocycles. The second-order valence-electron chi connectivity index (χ2n) is 13.9. The summed E-state index contributed by atoms with van der Waals surface area (Å²) in [6, 6.07) is 0. The Hall–Kier alpha value is -5.12. The van der Waals surface area contributed by atoms with Crippen LogP contribution in [0.2, 0.25) is 0 Å². The van der Waals surface area contributed by atoms with Gasteiger partial charge in [-0.05, 0) is 68.2 Å². The summed E-state index contributed by atoms with van der Waals surface area (Å²) in [5, 5.41) is 0. The van der Waals surface area contributed by atoms with Crippen molar-refractivity contribution >= 4 is 47.6 Å². The molecule has 0 aromatic heterocycles. The maximum absolute atomic E-state index is 13.0. The third-order valence-electron chi connectivity index (χ3n) is 6.98. The zero-order valence-corrected chi connectivity index (χ0v) is 33.3. The number of esters is 7. The van der Waals surface area contributed by atoms with Gasteiger partial charge in [-0.25, -0.2) is 19.2 Å². The van der Waals surface area contributed by atoms with Crippen LogP contribution in [-0.4, -0.2) is 104 Å². The van der Waals surface area contributed by atoms with Crippen molar-refractivity contribution in [3.05, 3.63) is 48.6 Å². The molecule has 16 heteroatoms. The lowest BCUT2D eigenvalue weighted by molar-refractivity contribution is -0.171. The number of rotatable bonds is 27. The summed E-state index contributed by atoms with van der Waals surface area (Å²) in [4.78, 5) is 97.5. The van der Waals surface area contributed by atoms with Gasteiger partial charge in [0.05, 0.1) is 6.61 Å². The molecule has 0 fully saturated rings. The molecule has 0 aliphatic rings. The van der Waals surface area contributed by atoms with Gasteiger partial charge in [0.15, 0.2) is 18.0 Å². The number of hydrogen-bond acceptors (Lipinski definition) is 16. The molecule has 0 aromatic rings. The average Bonchev–Trinajstić information content (AvgIpc) is 3.08. The quantitative estimate of drug-likeness (QED) is 0.0646. The Morgan fingerprint density at radius 1 is 0.491 bits per heavy atom. The molecular formula is C39H56O16. The monoisotopic (exact) mass is 780 g/mol. The third kappa shape index (κ3) is 22.6. The number of carbonyl (C=O) groups excluding carboxylic acids is 8. The van der Waals surface area contributed by atoms with Crippen molar-refractivity contribution in [3.8, 4) is 0 Å². The smallest absolute Gasteiger partial charge is 0.333 e. The lowest BCUT2D eigenvalue weighted by Gasteiger charge is -2.31. The van der Waals surface area contributed by atoms with Gasteiger partial charge in [0.1, 0.15) is 37.6 Å². The zero-order chi connectivity index (χ0) is 42.5. The van der Waals surface area contributed by atoms with Crippen molar-refractivity contribution in [1.29, 1.82) is 0 Å². The highest BCUT2D eigenvalue weighted by atomic mass is 16.6. The van der Waals surface area contributed by atoms with E-state index in [4.69, 9.17) is 37.9 Å². The number of hydrogen-bond donors (Lipinski definition) is 0. The highest BCUT2D eigenvalue weighted by Gasteiger charge is 2.33. The molecule has 0 heterocycles. The Bertz CT molecular complexity index is 1410. The van der Waals surface area contributed by atoms with E-state index in [0.29, 0.717) is 0 Å². The Morgan fingerprint density at radius 2 is 0.800 bits per heavy atom. The second-order valence-corrected chi connectivity index (χ2v) is 13.9. The van der Waals surface area contributed by atoms with E-state index in [1.165, 1.54) is 41.5 Å². The lowest BCUT2D eigenvalue weighted by atomic mass is 9.98. The second kappa shape index (κ2) is 24.3. The van der Waals surface area contributed by atoms with Crippen LogP contribution >= 0.6 is 0 Å². The SMILES string of the molecule is C=C(C)C(=O)OCC(COC(=O)C(=C)C)OC(=O)CCCC(=O)OC(C)(C)COC(C)(C)C(=O)CCCC(=O)OC(COC(=O)C(=C)C)COC(=O)C(=C)C. The number of Topliss-reactive ketones (excluding diaryl/α,β-unsaturated/α-hetero) is 1. The fourth-order valence-electron chi connectivity index (χ4n) is 3.78. The summed E-state index contributed by atoms with van der Waals surface area (Å²) < 4.78 is 42.0. The van der Waals surface area contributed by atoms with Crippen LogP contribution in [0.25, 0.3) is 0 Å². The first-order chi connectivity index (χ1) is 25.4. The molecule has 0 saturated carbocycles. The van der Waals surface area contributed by atoms with Crippen molar-refractivity contribution in [1.82, 2.24) is 0 Å². The van der Waals surface area contributed by atoms with Crippen LogP contribution in [0.5, 0.6) is 0 Å². The Labute approximate surface area is 322 Å². The molecular weight excluding hydrogens is 724 g/mol. The van der Waals surface area contributed by atoms with Gasteiger partial charge in [-0.1, -0.05) is 26.3 Å². The molecule has 0 N–H and O–H groups in total. The Balaban J connectivity index is 4.89. The highest BCUT2D eigenvalue weighted by molar-refractivity contribution is 5.88.